The molecular formula is C14H17FN2S. The monoisotopic (exact) mass is 264 g/mol. The predicted molar refractivity (Wildman–Crippen MR) is 74.1 cm³/mol. The molecule has 0 fully saturated rings. The van der Waals surface area contributed by atoms with Gasteiger partial charge in [0.15, 0.2) is 0 Å². The van der Waals surface area contributed by atoms with E-state index in [1.165, 1.54) is 28.5 Å². The normalized spacial score (nSPS) is 11.8. The topological polar surface area (TPSA) is 24.9 Å². The Labute approximate surface area is 111 Å². The molecule has 2 rings (SSSR count). The van der Waals surface area contributed by atoms with Crippen molar-refractivity contribution >= 4 is 11.5 Å². The standard InChI is InChI=1S/C14H17FN2S/c1-14(2,3)16-9-12-8-13(17-18-12)10-4-6-11(15)7-5-10/h4-8,16H,9H2,1-3H3. The lowest BCUT2D eigenvalue weighted by molar-refractivity contribution is 0.426. The maximum atomic E-state index is 12.8. The van der Waals surface area contributed by atoms with Crippen LogP contribution < -0.4 is 5.32 Å². The zero-order valence-corrected chi connectivity index (χ0v) is 11.6. The van der Waals surface area contributed by atoms with Crippen LogP contribution in [0.3, 0.4) is 0 Å². The van der Waals surface area contributed by atoms with E-state index in [9.17, 15) is 4.39 Å². The lowest BCUT2D eigenvalue weighted by atomic mass is 10.1. The number of nitrogens with one attached hydrogen (secondary N) is 1. The molecule has 0 atom stereocenters. The van der Waals surface area contributed by atoms with Gasteiger partial charge in [-0.3, -0.25) is 0 Å². The maximum Gasteiger partial charge on any atom is 0.123 e. The largest absolute Gasteiger partial charge is 0.307 e. The SMILES string of the molecule is CC(C)(C)NCc1cc(-c2ccc(F)cc2)ns1. The van der Waals surface area contributed by atoms with Crippen LogP contribution in [0.2, 0.25) is 0 Å². The van der Waals surface area contributed by atoms with Gasteiger partial charge in [-0.25, -0.2) is 4.39 Å². The highest BCUT2D eigenvalue weighted by molar-refractivity contribution is 7.06. The molecule has 96 valence electrons. The summed E-state index contributed by atoms with van der Waals surface area (Å²) in [5, 5.41) is 3.42. The van der Waals surface area contributed by atoms with Crippen LogP contribution in [0.5, 0.6) is 0 Å². The van der Waals surface area contributed by atoms with E-state index in [1.807, 2.05) is 0 Å². The van der Waals surface area contributed by atoms with Crippen LogP contribution in [0.1, 0.15) is 25.6 Å². The Morgan fingerprint density at radius 2 is 1.89 bits per heavy atom. The van der Waals surface area contributed by atoms with Crippen LogP contribution in [0.4, 0.5) is 4.39 Å². The first-order chi connectivity index (χ1) is 8.44. The molecule has 0 bridgehead atoms. The van der Waals surface area contributed by atoms with Crippen molar-refractivity contribution in [3.63, 3.8) is 0 Å². The third-order valence-electron chi connectivity index (χ3n) is 2.49. The van der Waals surface area contributed by atoms with E-state index >= 15 is 0 Å². The minimum Gasteiger partial charge on any atom is -0.307 e. The van der Waals surface area contributed by atoms with Crippen molar-refractivity contribution in [2.75, 3.05) is 0 Å². The fourth-order valence-electron chi connectivity index (χ4n) is 1.51. The van der Waals surface area contributed by atoms with E-state index in [0.29, 0.717) is 0 Å². The van der Waals surface area contributed by atoms with Crippen molar-refractivity contribution in [3.8, 4) is 11.3 Å². The first-order valence-corrected chi connectivity index (χ1v) is 6.68. The summed E-state index contributed by atoms with van der Waals surface area (Å²) in [6, 6.07) is 8.48. The van der Waals surface area contributed by atoms with Crippen LogP contribution in [0.25, 0.3) is 11.3 Å². The van der Waals surface area contributed by atoms with Gasteiger partial charge in [0.25, 0.3) is 0 Å². The van der Waals surface area contributed by atoms with Crippen LogP contribution in [-0.2, 0) is 6.54 Å². The van der Waals surface area contributed by atoms with Crippen molar-refractivity contribution in [1.29, 1.82) is 0 Å². The predicted octanol–water partition coefficient (Wildman–Crippen LogP) is 3.84. The average molecular weight is 264 g/mol. The van der Waals surface area contributed by atoms with Crippen molar-refractivity contribution in [2.45, 2.75) is 32.9 Å². The van der Waals surface area contributed by atoms with E-state index in [1.54, 1.807) is 12.1 Å². The van der Waals surface area contributed by atoms with Crippen molar-refractivity contribution in [2.24, 2.45) is 0 Å². The Morgan fingerprint density at radius 1 is 1.22 bits per heavy atom. The minimum atomic E-state index is -0.219. The fourth-order valence-corrected chi connectivity index (χ4v) is 2.18. The van der Waals surface area contributed by atoms with Gasteiger partial charge in [0.1, 0.15) is 5.82 Å². The molecule has 0 aliphatic heterocycles. The molecule has 4 heteroatoms. The molecule has 1 heterocycles. The number of hydrogen-bond donors (Lipinski definition) is 1. The highest BCUT2D eigenvalue weighted by Gasteiger charge is 2.10. The molecule has 1 aromatic heterocycles. The number of hydrogen-bond acceptors (Lipinski definition) is 3. The van der Waals surface area contributed by atoms with Crippen molar-refractivity contribution in [3.05, 3.63) is 41.0 Å². The van der Waals surface area contributed by atoms with E-state index < -0.39 is 0 Å². The molecule has 0 saturated carbocycles. The Hall–Kier alpha value is -1.26. The molecule has 0 unspecified atom stereocenters. The highest BCUT2D eigenvalue weighted by Crippen LogP contribution is 2.22. The van der Waals surface area contributed by atoms with Crippen LogP contribution in [-0.4, -0.2) is 9.91 Å². The summed E-state index contributed by atoms with van der Waals surface area (Å²) < 4.78 is 17.2. The van der Waals surface area contributed by atoms with Gasteiger partial charge in [0.05, 0.1) is 5.69 Å². The smallest absolute Gasteiger partial charge is 0.123 e. The van der Waals surface area contributed by atoms with E-state index in [4.69, 9.17) is 0 Å². The molecule has 0 amide bonds. The summed E-state index contributed by atoms with van der Waals surface area (Å²) in [4.78, 5) is 1.18. The highest BCUT2D eigenvalue weighted by atomic mass is 32.1. The van der Waals surface area contributed by atoms with Gasteiger partial charge in [-0.1, -0.05) is 0 Å². The molecule has 0 spiro atoms. The maximum absolute atomic E-state index is 12.8. The Balaban J connectivity index is 2.08. The van der Waals surface area contributed by atoms with Crippen LogP contribution >= 0.6 is 11.5 Å². The summed E-state index contributed by atoms with van der Waals surface area (Å²) >= 11 is 1.48. The number of rotatable bonds is 3. The summed E-state index contributed by atoms with van der Waals surface area (Å²) in [6.07, 6.45) is 0. The van der Waals surface area contributed by atoms with E-state index in [0.717, 1.165) is 17.8 Å². The van der Waals surface area contributed by atoms with Gasteiger partial charge in [-0.05, 0) is 62.6 Å². The molecule has 1 aromatic carbocycles. The summed E-state index contributed by atoms with van der Waals surface area (Å²) in [6.45, 7) is 7.21. The fraction of sp³-hybridized carbons (Fsp3) is 0.357. The number of halogens is 1. The molecule has 0 radical (unpaired) electrons. The van der Waals surface area contributed by atoms with Gasteiger partial charge in [0.2, 0.25) is 0 Å². The third-order valence-corrected chi connectivity index (χ3v) is 3.28. The van der Waals surface area contributed by atoms with Gasteiger partial charge in [0, 0.05) is 22.5 Å². The van der Waals surface area contributed by atoms with E-state index in [-0.39, 0.29) is 11.4 Å². The Bertz CT molecular complexity index is 511. The Kier molecular flexibility index (Phi) is 3.78. The van der Waals surface area contributed by atoms with Crippen LogP contribution in [0, 0.1) is 5.82 Å². The van der Waals surface area contributed by atoms with Gasteiger partial charge in [-0.2, -0.15) is 4.37 Å². The molecule has 18 heavy (non-hydrogen) atoms. The van der Waals surface area contributed by atoms with Gasteiger partial charge < -0.3 is 5.32 Å². The number of benzene rings is 1. The summed E-state index contributed by atoms with van der Waals surface area (Å²) in [5.74, 6) is -0.219. The molecule has 1 N–H and O–H groups in total. The summed E-state index contributed by atoms with van der Waals surface area (Å²) in [5.41, 5.74) is 1.96. The van der Waals surface area contributed by atoms with Gasteiger partial charge >= 0.3 is 0 Å². The second-order valence-corrected chi connectivity index (χ2v) is 6.18. The molecule has 0 aliphatic rings. The third kappa shape index (κ3) is 3.62. The second kappa shape index (κ2) is 5.16. The molecular weight excluding hydrogens is 247 g/mol. The molecule has 2 nitrogen and oxygen atoms in total. The number of aromatic nitrogens is 1. The summed E-state index contributed by atoms with van der Waals surface area (Å²) in [7, 11) is 0. The molecule has 2 aromatic rings. The first-order valence-electron chi connectivity index (χ1n) is 5.91. The zero-order valence-electron chi connectivity index (χ0n) is 10.8. The minimum absolute atomic E-state index is 0.0973. The van der Waals surface area contributed by atoms with Crippen LogP contribution in [0.15, 0.2) is 30.3 Å². The lowest BCUT2D eigenvalue weighted by Gasteiger charge is -2.19. The second-order valence-electron chi connectivity index (χ2n) is 5.29. The van der Waals surface area contributed by atoms with E-state index in [2.05, 4.69) is 36.5 Å². The quantitative estimate of drug-likeness (QED) is 0.911. The first kappa shape index (κ1) is 13.2. The molecule has 0 aliphatic carbocycles. The zero-order chi connectivity index (χ0) is 13.2. The lowest BCUT2D eigenvalue weighted by Crippen LogP contribution is -2.34. The average Bonchev–Trinajstić information content (AvgIpc) is 2.75. The van der Waals surface area contributed by atoms with Crippen molar-refractivity contribution < 1.29 is 4.39 Å². The number of nitrogens with zero attached hydrogens (tertiary/aromatic N) is 1. The Morgan fingerprint density at radius 3 is 2.50 bits per heavy atom. The molecule has 0 saturated heterocycles. The van der Waals surface area contributed by atoms with Crippen molar-refractivity contribution in [1.82, 2.24) is 9.69 Å². The van der Waals surface area contributed by atoms with Gasteiger partial charge in [-0.15, -0.1) is 0 Å².